The van der Waals surface area contributed by atoms with Crippen molar-refractivity contribution in [3.63, 3.8) is 0 Å². The fourth-order valence-corrected chi connectivity index (χ4v) is 3.00. The Kier molecular flexibility index (Phi) is 9.93. The molecular formula is C21H31Cl2N7O3. The summed E-state index contributed by atoms with van der Waals surface area (Å²) in [4.78, 5) is 9.12. The Balaban J connectivity index is 0.00000272. The van der Waals surface area contributed by atoms with E-state index in [2.05, 4.69) is 46.0 Å². The van der Waals surface area contributed by atoms with Crippen molar-refractivity contribution in [1.82, 2.24) is 24.8 Å². The van der Waals surface area contributed by atoms with Crippen molar-refractivity contribution in [2.75, 3.05) is 12.3 Å². The van der Waals surface area contributed by atoms with E-state index in [1.165, 1.54) is 0 Å². The maximum absolute atomic E-state index is 10.0. The average molecular weight is 500 g/mol. The summed E-state index contributed by atoms with van der Waals surface area (Å²) in [5.41, 5.74) is 12.8. The zero-order valence-corrected chi connectivity index (χ0v) is 21.0. The summed E-state index contributed by atoms with van der Waals surface area (Å²) in [5, 5.41) is 17.5. The minimum absolute atomic E-state index is 0. The molecule has 10 nitrogen and oxygen atoms in total. The van der Waals surface area contributed by atoms with Crippen LogP contribution in [0.5, 0.6) is 5.75 Å². The molecule has 3 rings (SSSR count). The Morgan fingerprint density at radius 1 is 1.27 bits per heavy atom. The summed E-state index contributed by atoms with van der Waals surface area (Å²) < 4.78 is 12.7. The monoisotopic (exact) mass is 499 g/mol. The number of fused-ring (bicyclic) bond motifs is 1. The number of aliphatic hydroxyl groups is 1. The van der Waals surface area contributed by atoms with Crippen LogP contribution in [0.4, 0.5) is 5.82 Å². The summed E-state index contributed by atoms with van der Waals surface area (Å²) in [6.45, 7) is 10.3. The van der Waals surface area contributed by atoms with Gasteiger partial charge in [-0.05, 0) is 49.3 Å². The smallest absolute Gasteiger partial charge is 0.199 e. The number of aryl methyl sites for hydroxylation is 1. The maximum Gasteiger partial charge on any atom is 0.199 e. The van der Waals surface area contributed by atoms with Crippen molar-refractivity contribution in [1.29, 1.82) is 0 Å². The molecule has 0 fully saturated rings. The first-order valence-electron chi connectivity index (χ1n) is 10.2. The quantitative estimate of drug-likeness (QED) is 0.416. The molecule has 12 heteroatoms. The van der Waals surface area contributed by atoms with Gasteiger partial charge in [0.25, 0.3) is 0 Å². The molecule has 1 atom stereocenters. The molecule has 0 aromatic carbocycles. The number of anilines is 1. The molecule has 0 saturated carbocycles. The molecule has 0 bridgehead atoms. The van der Waals surface area contributed by atoms with Gasteiger partial charge in [0.05, 0.1) is 12.8 Å². The molecule has 182 valence electrons. The largest absolute Gasteiger partial charge is 0.490 e. The number of nitrogens with two attached hydrogens (primary N) is 2. The van der Waals surface area contributed by atoms with Crippen molar-refractivity contribution in [2.45, 2.75) is 59.2 Å². The summed E-state index contributed by atoms with van der Waals surface area (Å²) >= 11 is 0. The van der Waals surface area contributed by atoms with E-state index in [4.69, 9.17) is 20.8 Å². The number of halogens is 2. The Hall–Kier alpha value is -2.58. The highest BCUT2D eigenvalue weighted by Gasteiger charge is 2.23. The van der Waals surface area contributed by atoms with Gasteiger partial charge < -0.3 is 25.9 Å². The number of hydrogen-bond acceptors (Lipinski definition) is 9. The second-order valence-electron chi connectivity index (χ2n) is 8.20. The lowest BCUT2D eigenvalue weighted by Crippen LogP contribution is -2.28. The van der Waals surface area contributed by atoms with E-state index in [9.17, 15) is 5.11 Å². The van der Waals surface area contributed by atoms with Crippen LogP contribution in [0.15, 0.2) is 10.8 Å². The highest BCUT2D eigenvalue weighted by atomic mass is 35.5. The second kappa shape index (κ2) is 11.5. The Morgan fingerprint density at radius 3 is 2.52 bits per heavy atom. The fraction of sp³-hybridized carbons (Fsp3) is 0.524. The van der Waals surface area contributed by atoms with E-state index in [0.29, 0.717) is 59.5 Å². The number of aromatic nitrogens is 5. The van der Waals surface area contributed by atoms with Crippen LogP contribution in [-0.4, -0.2) is 48.2 Å². The van der Waals surface area contributed by atoms with Crippen LogP contribution in [0.3, 0.4) is 0 Å². The van der Waals surface area contributed by atoms with E-state index >= 15 is 0 Å². The van der Waals surface area contributed by atoms with Gasteiger partial charge in [0.1, 0.15) is 22.3 Å². The summed E-state index contributed by atoms with van der Waals surface area (Å²) in [5.74, 6) is 7.21. The van der Waals surface area contributed by atoms with E-state index in [-0.39, 0.29) is 36.7 Å². The van der Waals surface area contributed by atoms with Crippen LogP contribution in [-0.2, 0) is 6.54 Å². The molecule has 33 heavy (non-hydrogen) atoms. The van der Waals surface area contributed by atoms with Gasteiger partial charge in [0.2, 0.25) is 0 Å². The van der Waals surface area contributed by atoms with E-state index < -0.39 is 5.60 Å². The SMILES string of the molecule is CCn1c(-c2nonc2N)nc2c(C#CC(C)(C)O)ncc(OCC[C@@H](N)C(C)C)c21.Cl.Cl. The molecule has 0 spiro atoms. The molecule has 0 radical (unpaired) electrons. The van der Waals surface area contributed by atoms with Crippen molar-refractivity contribution >= 4 is 41.7 Å². The van der Waals surface area contributed by atoms with Gasteiger partial charge in [-0.1, -0.05) is 19.8 Å². The molecular weight excluding hydrogens is 469 g/mol. The van der Waals surface area contributed by atoms with Crippen LogP contribution in [0.2, 0.25) is 0 Å². The molecule has 0 unspecified atom stereocenters. The Labute approximate surface area is 205 Å². The van der Waals surface area contributed by atoms with Crippen molar-refractivity contribution in [3.05, 3.63) is 11.9 Å². The normalized spacial score (nSPS) is 12.0. The van der Waals surface area contributed by atoms with Crippen LogP contribution < -0.4 is 16.2 Å². The van der Waals surface area contributed by atoms with Gasteiger partial charge in [-0.25, -0.2) is 14.6 Å². The van der Waals surface area contributed by atoms with Gasteiger partial charge in [-0.2, -0.15) is 0 Å². The summed E-state index contributed by atoms with van der Waals surface area (Å²) in [6, 6.07) is 0.0352. The first kappa shape index (κ1) is 28.5. The van der Waals surface area contributed by atoms with E-state index in [0.717, 1.165) is 0 Å². The van der Waals surface area contributed by atoms with Gasteiger partial charge >= 0.3 is 0 Å². The standard InChI is InChI=1S/C21H29N7O3.2ClH/c1-6-28-18-15(30-10-8-13(22)12(2)3)11-24-14(7-9-21(4,5)29)16(18)25-20(28)17-19(23)27-31-26-17;;/h11-13,29H,6,8,10,22H2,1-5H3,(H2,23,27);2*1H/t13-;;/m1../s1. The molecule has 0 aliphatic rings. The van der Waals surface area contributed by atoms with E-state index in [1.54, 1.807) is 20.0 Å². The lowest BCUT2D eigenvalue weighted by Gasteiger charge is -2.16. The number of pyridine rings is 1. The van der Waals surface area contributed by atoms with Crippen molar-refractivity contribution in [3.8, 4) is 29.1 Å². The number of imidazole rings is 1. The van der Waals surface area contributed by atoms with Gasteiger partial charge in [-0.3, -0.25) is 0 Å². The average Bonchev–Trinajstić information content (AvgIpc) is 3.29. The molecule has 0 amide bonds. The number of rotatable bonds is 7. The number of nitrogen functional groups attached to an aromatic ring is 1. The first-order chi connectivity index (χ1) is 14.6. The molecule has 3 aromatic rings. The first-order valence-corrected chi connectivity index (χ1v) is 10.2. The molecule has 0 aliphatic carbocycles. The van der Waals surface area contributed by atoms with Gasteiger partial charge in [-0.15, -0.1) is 24.8 Å². The molecule has 0 aliphatic heterocycles. The fourth-order valence-electron chi connectivity index (χ4n) is 3.00. The Bertz CT molecular complexity index is 1130. The predicted octanol–water partition coefficient (Wildman–Crippen LogP) is 2.80. The lowest BCUT2D eigenvalue weighted by atomic mass is 10.0. The summed E-state index contributed by atoms with van der Waals surface area (Å²) in [6.07, 6.45) is 2.31. The number of ether oxygens (including phenoxy) is 1. The Morgan fingerprint density at radius 2 is 1.97 bits per heavy atom. The lowest BCUT2D eigenvalue weighted by molar-refractivity contribution is 0.143. The van der Waals surface area contributed by atoms with Gasteiger partial charge in [0.15, 0.2) is 23.1 Å². The molecule has 3 heterocycles. The molecule has 3 aromatic heterocycles. The zero-order chi connectivity index (χ0) is 22.8. The topological polar surface area (TPSA) is 151 Å². The number of hydrogen-bond donors (Lipinski definition) is 3. The van der Waals surface area contributed by atoms with Crippen molar-refractivity contribution in [2.24, 2.45) is 11.7 Å². The second-order valence-corrected chi connectivity index (χ2v) is 8.20. The third kappa shape index (κ3) is 6.48. The van der Waals surface area contributed by atoms with Crippen molar-refractivity contribution < 1.29 is 14.5 Å². The van der Waals surface area contributed by atoms with Crippen LogP contribution in [0.1, 0.15) is 46.7 Å². The maximum atomic E-state index is 10.0. The zero-order valence-electron chi connectivity index (χ0n) is 19.3. The van der Waals surface area contributed by atoms with Crippen LogP contribution >= 0.6 is 24.8 Å². The minimum Gasteiger partial charge on any atom is -0.490 e. The minimum atomic E-state index is -1.17. The van der Waals surface area contributed by atoms with Crippen LogP contribution in [0, 0.1) is 17.8 Å². The number of nitrogens with zero attached hydrogens (tertiary/aromatic N) is 5. The van der Waals surface area contributed by atoms with Crippen LogP contribution in [0.25, 0.3) is 22.6 Å². The molecule has 5 N–H and O–H groups in total. The van der Waals surface area contributed by atoms with E-state index in [1.807, 2.05) is 11.5 Å². The third-order valence-corrected chi connectivity index (χ3v) is 4.83. The highest BCUT2D eigenvalue weighted by Crippen LogP contribution is 2.33. The summed E-state index contributed by atoms with van der Waals surface area (Å²) in [7, 11) is 0. The van der Waals surface area contributed by atoms with Gasteiger partial charge in [0, 0.05) is 12.6 Å². The highest BCUT2D eigenvalue weighted by molar-refractivity contribution is 5.89. The molecule has 0 saturated heterocycles. The third-order valence-electron chi connectivity index (χ3n) is 4.83. The predicted molar refractivity (Wildman–Crippen MR) is 132 cm³/mol.